The monoisotopic (exact) mass is 311 g/mol. The van der Waals surface area contributed by atoms with Crippen molar-refractivity contribution in [3.63, 3.8) is 0 Å². The summed E-state index contributed by atoms with van der Waals surface area (Å²) in [5.41, 5.74) is 0.837. The van der Waals surface area contributed by atoms with Crippen LogP contribution in [-0.2, 0) is 16.1 Å². The fourth-order valence-corrected chi connectivity index (χ4v) is 3.31. The quantitative estimate of drug-likeness (QED) is 0.927. The number of methoxy groups -OCH3 is 1. The normalized spacial score (nSPS) is 25.9. The molecule has 2 atom stereocenters. The van der Waals surface area contributed by atoms with Gasteiger partial charge in [-0.05, 0) is 25.7 Å². The molecule has 0 radical (unpaired) electrons. The topological polar surface area (TPSA) is 63.7 Å². The summed E-state index contributed by atoms with van der Waals surface area (Å²) in [5.74, 6) is 0.635. The minimum absolute atomic E-state index is 0.0888. The number of urea groups is 1. The van der Waals surface area contributed by atoms with Gasteiger partial charge >= 0.3 is 6.03 Å². The first-order chi connectivity index (χ1) is 10.2. The third kappa shape index (κ3) is 3.72. The zero-order valence-corrected chi connectivity index (χ0v) is 13.2. The number of hydrogen-bond donors (Lipinski definition) is 1. The van der Waals surface area contributed by atoms with Crippen LogP contribution in [0.4, 0.5) is 9.93 Å². The Hall–Kier alpha value is -1.18. The fourth-order valence-electron chi connectivity index (χ4n) is 2.63. The van der Waals surface area contributed by atoms with Crippen LogP contribution in [0.1, 0.15) is 25.5 Å². The second-order valence-corrected chi connectivity index (χ2v) is 6.59. The Bertz CT molecular complexity index is 503. The molecule has 0 bridgehead atoms. The van der Waals surface area contributed by atoms with E-state index in [0.717, 1.165) is 5.69 Å². The largest absolute Gasteiger partial charge is 0.378 e. The summed E-state index contributed by atoms with van der Waals surface area (Å²) in [6, 6.07) is -0.0888. The molecule has 21 heavy (non-hydrogen) atoms. The average molecular weight is 311 g/mol. The molecule has 2 aliphatic rings. The van der Waals surface area contributed by atoms with Crippen molar-refractivity contribution in [1.82, 2.24) is 9.88 Å². The molecule has 1 aromatic heterocycles. The van der Waals surface area contributed by atoms with Gasteiger partial charge in [0.15, 0.2) is 5.13 Å². The Labute approximate surface area is 128 Å². The summed E-state index contributed by atoms with van der Waals surface area (Å²) in [6.07, 6.45) is 2.73. The number of morpholine rings is 1. The predicted octanol–water partition coefficient (Wildman–Crippen LogP) is 2.32. The highest BCUT2D eigenvalue weighted by Gasteiger charge is 2.38. The number of carbonyl (C=O) groups excluding carboxylic acids is 1. The number of amides is 2. The van der Waals surface area contributed by atoms with E-state index in [2.05, 4.69) is 10.3 Å². The molecule has 1 aromatic rings. The van der Waals surface area contributed by atoms with Crippen LogP contribution in [0.5, 0.6) is 0 Å². The van der Waals surface area contributed by atoms with Gasteiger partial charge in [0.2, 0.25) is 0 Å². The van der Waals surface area contributed by atoms with Crippen molar-refractivity contribution in [2.24, 2.45) is 5.92 Å². The summed E-state index contributed by atoms with van der Waals surface area (Å²) >= 11 is 1.42. The zero-order valence-electron chi connectivity index (χ0n) is 12.4. The van der Waals surface area contributed by atoms with Crippen LogP contribution in [0.2, 0.25) is 0 Å². The molecule has 0 spiro atoms. The van der Waals surface area contributed by atoms with E-state index in [-0.39, 0.29) is 18.2 Å². The minimum atomic E-state index is -0.0888. The minimum Gasteiger partial charge on any atom is -0.378 e. The molecule has 1 N–H and O–H groups in total. The Balaban J connectivity index is 1.58. The number of nitrogens with one attached hydrogen (secondary N) is 1. The van der Waals surface area contributed by atoms with Crippen molar-refractivity contribution in [2.45, 2.75) is 38.6 Å². The molecule has 6 nitrogen and oxygen atoms in total. The molecule has 0 unspecified atom stereocenters. The van der Waals surface area contributed by atoms with Crippen molar-refractivity contribution in [3.05, 3.63) is 11.1 Å². The lowest BCUT2D eigenvalue weighted by atomic mass is 10.1. The number of anilines is 1. The van der Waals surface area contributed by atoms with Gasteiger partial charge in [0.1, 0.15) is 0 Å². The molecular formula is C14H21N3O3S. The van der Waals surface area contributed by atoms with Gasteiger partial charge in [-0.3, -0.25) is 5.32 Å². The number of hydrogen-bond acceptors (Lipinski definition) is 5. The maximum Gasteiger partial charge on any atom is 0.323 e. The average Bonchev–Trinajstić information content (AvgIpc) is 3.21. The van der Waals surface area contributed by atoms with Gasteiger partial charge in [-0.25, -0.2) is 9.78 Å². The van der Waals surface area contributed by atoms with Crippen LogP contribution >= 0.6 is 11.3 Å². The number of thiazole rings is 1. The van der Waals surface area contributed by atoms with Crippen LogP contribution in [0.3, 0.4) is 0 Å². The van der Waals surface area contributed by atoms with Gasteiger partial charge in [0, 0.05) is 25.6 Å². The highest BCUT2D eigenvalue weighted by molar-refractivity contribution is 7.13. The van der Waals surface area contributed by atoms with Gasteiger partial charge in [-0.15, -0.1) is 11.3 Å². The molecule has 1 aliphatic heterocycles. The van der Waals surface area contributed by atoms with Crippen molar-refractivity contribution in [2.75, 3.05) is 25.5 Å². The van der Waals surface area contributed by atoms with E-state index in [9.17, 15) is 4.79 Å². The lowest BCUT2D eigenvalue weighted by Crippen LogP contribution is -2.51. The van der Waals surface area contributed by atoms with E-state index in [4.69, 9.17) is 9.47 Å². The predicted molar refractivity (Wildman–Crippen MR) is 80.5 cm³/mol. The molecule has 1 saturated carbocycles. The Kier molecular flexibility index (Phi) is 4.42. The van der Waals surface area contributed by atoms with Crippen molar-refractivity contribution < 1.29 is 14.3 Å². The van der Waals surface area contributed by atoms with Gasteiger partial charge in [-0.2, -0.15) is 0 Å². The summed E-state index contributed by atoms with van der Waals surface area (Å²) in [4.78, 5) is 18.5. The van der Waals surface area contributed by atoms with E-state index in [1.807, 2.05) is 17.2 Å². The molecule has 3 rings (SSSR count). The van der Waals surface area contributed by atoms with Crippen LogP contribution in [-0.4, -0.2) is 48.3 Å². The molecule has 2 amide bonds. The number of aromatic nitrogens is 1. The van der Waals surface area contributed by atoms with Gasteiger partial charge < -0.3 is 14.4 Å². The second kappa shape index (κ2) is 6.29. The van der Waals surface area contributed by atoms with Crippen molar-refractivity contribution in [1.29, 1.82) is 0 Å². The number of ether oxygens (including phenoxy) is 2. The summed E-state index contributed by atoms with van der Waals surface area (Å²) < 4.78 is 11.0. The number of carbonyl (C=O) groups is 1. The molecule has 2 fully saturated rings. The standard InChI is InChI=1S/C14H21N3O3S/c1-9-5-17(6-12(20-9)10-3-4-10)14(18)16-13-15-11(7-19-2)8-21-13/h8-10,12H,3-7H2,1-2H3,(H,15,16,18)/t9-,12+/m0/s1. The van der Waals surface area contributed by atoms with E-state index >= 15 is 0 Å². The Morgan fingerprint density at radius 2 is 2.38 bits per heavy atom. The number of nitrogens with zero attached hydrogens (tertiary/aromatic N) is 2. The highest BCUT2D eigenvalue weighted by Crippen LogP contribution is 2.36. The first-order valence-corrected chi connectivity index (χ1v) is 8.18. The third-order valence-corrected chi connectivity index (χ3v) is 4.58. The summed E-state index contributed by atoms with van der Waals surface area (Å²) in [7, 11) is 1.63. The molecule has 2 heterocycles. The van der Waals surface area contributed by atoms with Crippen LogP contribution < -0.4 is 5.32 Å². The Morgan fingerprint density at radius 1 is 1.57 bits per heavy atom. The second-order valence-electron chi connectivity index (χ2n) is 5.73. The first kappa shape index (κ1) is 14.7. The van der Waals surface area contributed by atoms with Crippen molar-refractivity contribution in [3.8, 4) is 0 Å². The SMILES string of the molecule is COCc1csc(NC(=O)N2C[C@H](C)O[C@@H](C3CC3)C2)n1. The van der Waals surface area contributed by atoms with E-state index < -0.39 is 0 Å². The van der Waals surface area contributed by atoms with Crippen LogP contribution in [0.15, 0.2) is 5.38 Å². The third-order valence-electron chi connectivity index (χ3n) is 3.78. The molecule has 116 valence electrons. The van der Waals surface area contributed by atoms with Gasteiger partial charge in [0.05, 0.1) is 24.5 Å². The molecule has 0 aromatic carbocycles. The van der Waals surface area contributed by atoms with Gasteiger partial charge in [-0.1, -0.05) is 0 Å². The van der Waals surface area contributed by atoms with Crippen LogP contribution in [0.25, 0.3) is 0 Å². The maximum absolute atomic E-state index is 12.4. The summed E-state index contributed by atoms with van der Waals surface area (Å²) in [6.45, 7) is 3.79. The molecule has 1 aliphatic carbocycles. The van der Waals surface area contributed by atoms with Crippen LogP contribution in [0, 0.1) is 5.92 Å². The number of rotatable bonds is 4. The highest BCUT2D eigenvalue weighted by atomic mass is 32.1. The Morgan fingerprint density at radius 3 is 3.10 bits per heavy atom. The van der Waals surface area contributed by atoms with Crippen molar-refractivity contribution >= 4 is 22.5 Å². The van der Waals surface area contributed by atoms with E-state index in [1.165, 1.54) is 24.2 Å². The van der Waals surface area contributed by atoms with Gasteiger partial charge in [0.25, 0.3) is 0 Å². The molecule has 7 heteroatoms. The maximum atomic E-state index is 12.4. The smallest absolute Gasteiger partial charge is 0.323 e. The molecular weight excluding hydrogens is 290 g/mol. The molecule has 1 saturated heterocycles. The first-order valence-electron chi connectivity index (χ1n) is 7.30. The lowest BCUT2D eigenvalue weighted by Gasteiger charge is -2.36. The fraction of sp³-hybridized carbons (Fsp3) is 0.714. The zero-order chi connectivity index (χ0) is 14.8. The van der Waals surface area contributed by atoms with E-state index in [0.29, 0.717) is 30.7 Å². The summed E-state index contributed by atoms with van der Waals surface area (Å²) in [5, 5.41) is 5.39. The lowest BCUT2D eigenvalue weighted by molar-refractivity contribution is -0.0717. The van der Waals surface area contributed by atoms with E-state index in [1.54, 1.807) is 7.11 Å².